The SMILES string of the molecule is Cc1cc(C(=O)CSc2nnc3n2CCCCC3)c(C)n1-c1ccc2c(c1)OCCO2. The Kier molecular flexibility index (Phi) is 5.48. The van der Waals surface area contributed by atoms with Gasteiger partial charge < -0.3 is 18.6 Å². The normalized spacial score (nSPS) is 15.4. The Morgan fingerprint density at radius 3 is 2.77 bits per heavy atom. The number of carbonyl (C=O) groups excluding carboxylic acids is 1. The van der Waals surface area contributed by atoms with Crippen LogP contribution in [0, 0.1) is 13.8 Å². The fourth-order valence-corrected chi connectivity index (χ4v) is 5.25. The molecule has 4 heterocycles. The fourth-order valence-electron chi connectivity index (χ4n) is 4.39. The third-order valence-electron chi connectivity index (χ3n) is 5.92. The van der Waals surface area contributed by atoms with Crippen LogP contribution >= 0.6 is 11.8 Å². The van der Waals surface area contributed by atoms with E-state index < -0.39 is 0 Å². The molecule has 3 aromatic rings. The van der Waals surface area contributed by atoms with Crippen LogP contribution in [0.2, 0.25) is 0 Å². The molecule has 31 heavy (non-hydrogen) atoms. The highest BCUT2D eigenvalue weighted by Gasteiger charge is 2.21. The second-order valence-corrected chi connectivity index (χ2v) is 8.96. The summed E-state index contributed by atoms with van der Waals surface area (Å²) in [7, 11) is 0. The lowest BCUT2D eigenvalue weighted by Crippen LogP contribution is -2.15. The number of fused-ring (bicyclic) bond motifs is 2. The Morgan fingerprint density at radius 1 is 1.06 bits per heavy atom. The molecule has 0 saturated carbocycles. The van der Waals surface area contributed by atoms with E-state index in [1.807, 2.05) is 38.1 Å². The molecule has 2 aliphatic rings. The summed E-state index contributed by atoms with van der Waals surface area (Å²) < 4.78 is 15.6. The van der Waals surface area contributed by atoms with Crippen LogP contribution in [0.4, 0.5) is 0 Å². The van der Waals surface area contributed by atoms with Gasteiger partial charge in [-0.1, -0.05) is 18.2 Å². The molecule has 1 aromatic carbocycles. The van der Waals surface area contributed by atoms with Crippen LogP contribution in [-0.4, -0.2) is 44.1 Å². The molecular formula is C23H26N4O3S. The summed E-state index contributed by atoms with van der Waals surface area (Å²) >= 11 is 1.49. The van der Waals surface area contributed by atoms with Crippen LogP contribution < -0.4 is 9.47 Å². The first-order chi connectivity index (χ1) is 15.1. The molecule has 0 unspecified atom stereocenters. The number of nitrogens with zero attached hydrogens (tertiary/aromatic N) is 4. The fraction of sp³-hybridized carbons (Fsp3) is 0.435. The van der Waals surface area contributed by atoms with Gasteiger partial charge in [0.1, 0.15) is 19.0 Å². The molecule has 2 aliphatic heterocycles. The molecule has 7 nitrogen and oxygen atoms in total. The van der Waals surface area contributed by atoms with Crippen molar-refractivity contribution in [3.8, 4) is 17.2 Å². The topological polar surface area (TPSA) is 71.2 Å². The first-order valence-corrected chi connectivity index (χ1v) is 11.8. The Bertz CT molecular complexity index is 1130. The third kappa shape index (κ3) is 3.84. The molecule has 0 amide bonds. The molecule has 0 saturated heterocycles. The standard InChI is InChI=1S/C23H26N4O3S/c1-15-12-18(16(2)27(15)17-7-8-20-21(13-17)30-11-10-29-20)19(28)14-31-23-25-24-22-6-4-3-5-9-26(22)23/h7-8,12-13H,3-6,9-11,14H2,1-2H3. The largest absolute Gasteiger partial charge is 0.486 e. The van der Waals surface area contributed by atoms with Gasteiger partial charge in [0.15, 0.2) is 22.4 Å². The summed E-state index contributed by atoms with van der Waals surface area (Å²) in [6, 6.07) is 7.88. The number of aryl methyl sites for hydroxylation is 2. The number of hydrogen-bond donors (Lipinski definition) is 0. The summed E-state index contributed by atoms with van der Waals surface area (Å²) in [4.78, 5) is 13.1. The summed E-state index contributed by atoms with van der Waals surface area (Å²) in [5.74, 6) is 3.01. The number of ether oxygens (including phenoxy) is 2. The molecular weight excluding hydrogens is 412 g/mol. The predicted molar refractivity (Wildman–Crippen MR) is 119 cm³/mol. The minimum absolute atomic E-state index is 0.105. The summed E-state index contributed by atoms with van der Waals surface area (Å²) in [5.41, 5.74) is 3.66. The number of Topliss-reactive ketones (excluding diaryl/α,β-unsaturated/α-hetero) is 1. The minimum atomic E-state index is 0.105. The first-order valence-electron chi connectivity index (χ1n) is 10.8. The molecule has 0 fully saturated rings. The summed E-state index contributed by atoms with van der Waals surface area (Å²) in [5, 5.41) is 9.52. The lowest BCUT2D eigenvalue weighted by Gasteiger charge is -2.20. The monoisotopic (exact) mass is 438 g/mol. The average molecular weight is 439 g/mol. The molecule has 0 spiro atoms. The van der Waals surface area contributed by atoms with Crippen molar-refractivity contribution in [3.05, 3.63) is 47.0 Å². The van der Waals surface area contributed by atoms with E-state index in [1.54, 1.807) is 0 Å². The van der Waals surface area contributed by atoms with Crippen molar-refractivity contribution in [2.24, 2.45) is 0 Å². The number of ketones is 1. The zero-order chi connectivity index (χ0) is 21.4. The highest BCUT2D eigenvalue weighted by atomic mass is 32.2. The quantitative estimate of drug-likeness (QED) is 0.440. The molecule has 5 rings (SSSR count). The second-order valence-electron chi connectivity index (χ2n) is 8.02. The Hall–Kier alpha value is -2.74. The van der Waals surface area contributed by atoms with Crippen molar-refractivity contribution in [2.75, 3.05) is 19.0 Å². The van der Waals surface area contributed by atoms with E-state index in [2.05, 4.69) is 19.3 Å². The van der Waals surface area contributed by atoms with Crippen molar-refractivity contribution in [1.29, 1.82) is 0 Å². The van der Waals surface area contributed by atoms with E-state index in [1.165, 1.54) is 18.2 Å². The molecule has 0 bridgehead atoms. The van der Waals surface area contributed by atoms with Crippen molar-refractivity contribution in [2.45, 2.75) is 51.2 Å². The van der Waals surface area contributed by atoms with Gasteiger partial charge in [-0.2, -0.15) is 0 Å². The third-order valence-corrected chi connectivity index (χ3v) is 6.89. The second kappa shape index (κ2) is 8.42. The molecule has 0 aliphatic carbocycles. The molecule has 0 atom stereocenters. The van der Waals surface area contributed by atoms with E-state index >= 15 is 0 Å². The van der Waals surface area contributed by atoms with E-state index in [9.17, 15) is 4.79 Å². The van der Waals surface area contributed by atoms with E-state index in [0.29, 0.717) is 19.0 Å². The number of hydrogen-bond acceptors (Lipinski definition) is 6. The Morgan fingerprint density at radius 2 is 1.90 bits per heavy atom. The van der Waals surface area contributed by atoms with Crippen molar-refractivity contribution in [3.63, 3.8) is 0 Å². The van der Waals surface area contributed by atoms with Gasteiger partial charge in [0.05, 0.1) is 5.75 Å². The number of thioether (sulfide) groups is 1. The highest BCUT2D eigenvalue weighted by Crippen LogP contribution is 2.34. The van der Waals surface area contributed by atoms with Crippen molar-refractivity contribution in [1.82, 2.24) is 19.3 Å². The van der Waals surface area contributed by atoms with E-state index in [-0.39, 0.29) is 5.78 Å². The van der Waals surface area contributed by atoms with Crippen molar-refractivity contribution < 1.29 is 14.3 Å². The number of benzene rings is 1. The number of carbonyl (C=O) groups is 1. The van der Waals surface area contributed by atoms with Gasteiger partial charge >= 0.3 is 0 Å². The maximum atomic E-state index is 13.1. The van der Waals surface area contributed by atoms with E-state index in [0.717, 1.165) is 70.9 Å². The lowest BCUT2D eigenvalue weighted by molar-refractivity contribution is 0.102. The van der Waals surface area contributed by atoms with Crippen LogP contribution in [0.5, 0.6) is 11.5 Å². The van der Waals surface area contributed by atoms with Crippen LogP contribution in [0.25, 0.3) is 5.69 Å². The smallest absolute Gasteiger partial charge is 0.191 e. The first kappa shape index (κ1) is 20.2. The number of aromatic nitrogens is 4. The molecule has 8 heteroatoms. The lowest BCUT2D eigenvalue weighted by atomic mass is 10.2. The zero-order valence-electron chi connectivity index (χ0n) is 17.9. The maximum absolute atomic E-state index is 13.1. The zero-order valence-corrected chi connectivity index (χ0v) is 18.7. The van der Waals surface area contributed by atoms with Crippen molar-refractivity contribution >= 4 is 17.5 Å². The molecule has 0 N–H and O–H groups in total. The van der Waals surface area contributed by atoms with E-state index in [4.69, 9.17) is 9.47 Å². The maximum Gasteiger partial charge on any atom is 0.191 e. The van der Waals surface area contributed by atoms with Crippen LogP contribution in [-0.2, 0) is 13.0 Å². The Labute approximate surface area is 185 Å². The average Bonchev–Trinajstić information content (AvgIpc) is 3.20. The van der Waals surface area contributed by atoms with Gasteiger partial charge in [-0.25, -0.2) is 0 Å². The van der Waals surface area contributed by atoms with Gasteiger partial charge in [0.2, 0.25) is 0 Å². The highest BCUT2D eigenvalue weighted by molar-refractivity contribution is 7.99. The van der Waals surface area contributed by atoms with Gasteiger partial charge in [-0.15, -0.1) is 10.2 Å². The van der Waals surface area contributed by atoms with Crippen LogP contribution in [0.3, 0.4) is 0 Å². The summed E-state index contributed by atoms with van der Waals surface area (Å²) in [6.45, 7) is 6.07. The predicted octanol–water partition coefficient (Wildman–Crippen LogP) is 4.16. The van der Waals surface area contributed by atoms with Gasteiger partial charge in [-0.05, 0) is 44.9 Å². The molecule has 2 aromatic heterocycles. The Balaban J connectivity index is 1.36. The minimum Gasteiger partial charge on any atom is -0.486 e. The number of rotatable bonds is 5. The molecule has 0 radical (unpaired) electrons. The summed E-state index contributed by atoms with van der Waals surface area (Å²) in [6.07, 6.45) is 4.49. The van der Waals surface area contributed by atoms with Gasteiger partial charge in [-0.3, -0.25) is 4.79 Å². The van der Waals surface area contributed by atoms with Crippen LogP contribution in [0.1, 0.15) is 46.8 Å². The molecule has 162 valence electrons. The van der Waals surface area contributed by atoms with Gasteiger partial charge in [0, 0.05) is 41.7 Å². The van der Waals surface area contributed by atoms with Gasteiger partial charge in [0.25, 0.3) is 0 Å². The van der Waals surface area contributed by atoms with Crippen LogP contribution in [0.15, 0.2) is 29.4 Å².